The summed E-state index contributed by atoms with van der Waals surface area (Å²) >= 11 is 11.8. The Hall–Kier alpha value is -5.07. The molecule has 0 bridgehead atoms. The molecular weight excluding hydrogens is 1040 g/mol. The molecule has 0 aromatic heterocycles. The molecule has 5 rings (SSSR count). The Morgan fingerprint density at radius 1 is 0.412 bits per heavy atom. The fourth-order valence-corrected chi connectivity index (χ4v) is 10.9. The third-order valence-electron chi connectivity index (χ3n) is 15.2. The van der Waals surface area contributed by atoms with Crippen LogP contribution in [0.25, 0.3) is 0 Å². The summed E-state index contributed by atoms with van der Waals surface area (Å²) in [5.74, 6) is 0.380. The maximum atomic E-state index is 13.5. The number of rotatable bonds is 35. The molecule has 0 aliphatic rings. The summed E-state index contributed by atoms with van der Waals surface area (Å²) in [6, 6.07) is 46.9. The fraction of sp³-hybridized carbons (Fsp3) is 0.515. The van der Waals surface area contributed by atoms with Crippen LogP contribution in [0.1, 0.15) is 153 Å². The number of nitrogens with zero attached hydrogens (tertiary/aromatic N) is 2. The molecule has 0 heterocycles. The first-order chi connectivity index (χ1) is 38.6. The molecule has 8 unspecified atom stereocenters. The van der Waals surface area contributed by atoms with Gasteiger partial charge in [-0.3, -0.25) is 14.4 Å². The van der Waals surface area contributed by atoms with Crippen LogP contribution in [0.2, 0.25) is 0 Å². The Balaban J connectivity index is 0.000000345. The number of hydrogen-bond donors (Lipinski definition) is 0. The van der Waals surface area contributed by atoms with Gasteiger partial charge in [-0.15, -0.1) is 23.2 Å². The minimum atomic E-state index is -0.333. The minimum absolute atomic E-state index is 0.00524. The SMILES string of the molecule is CCC(CC(CC(CC(C)c1ccc(CN(C)C)cc1)C(=O)OCCOC)c1ccccc1)C(=O)OCCCl.CCC(CC(CC(CC(C)c1ccc(CN(C)C)cc1)C(=O)OCCOC)c1ccccc1)c1ccc(CCl)cc1. The lowest BCUT2D eigenvalue weighted by molar-refractivity contribution is -0.151. The molecule has 0 fully saturated rings. The molecule has 12 heteroatoms. The molecule has 0 saturated heterocycles. The summed E-state index contributed by atoms with van der Waals surface area (Å²) in [4.78, 5) is 44.0. The third-order valence-corrected chi connectivity index (χ3v) is 15.6. The van der Waals surface area contributed by atoms with Gasteiger partial charge in [-0.2, -0.15) is 0 Å². The maximum absolute atomic E-state index is 13.5. The van der Waals surface area contributed by atoms with Gasteiger partial charge >= 0.3 is 17.9 Å². The summed E-state index contributed by atoms with van der Waals surface area (Å²) in [5.41, 5.74) is 9.83. The molecule has 5 aromatic rings. The molecule has 0 radical (unpaired) electrons. The second-order valence-corrected chi connectivity index (χ2v) is 22.7. The Labute approximate surface area is 491 Å². The summed E-state index contributed by atoms with van der Waals surface area (Å²) < 4.78 is 27.0. The van der Waals surface area contributed by atoms with Gasteiger partial charge in [0.2, 0.25) is 0 Å². The van der Waals surface area contributed by atoms with Crippen LogP contribution in [0.15, 0.2) is 133 Å². The summed E-state index contributed by atoms with van der Waals surface area (Å²) in [7, 11) is 11.5. The molecule has 0 amide bonds. The topological polar surface area (TPSA) is 104 Å². The van der Waals surface area contributed by atoms with E-state index in [-0.39, 0.29) is 85.0 Å². The number of hydrogen-bond acceptors (Lipinski definition) is 10. The third kappa shape index (κ3) is 24.2. The number of halogens is 2. The molecule has 8 atom stereocenters. The number of methoxy groups -OCH3 is 2. The second-order valence-electron chi connectivity index (χ2n) is 22.0. The number of esters is 3. The van der Waals surface area contributed by atoms with Gasteiger partial charge in [0.15, 0.2) is 0 Å². The highest BCUT2D eigenvalue weighted by Crippen LogP contribution is 2.40. The lowest BCUT2D eigenvalue weighted by Crippen LogP contribution is -2.26. The average Bonchev–Trinajstić information content (AvgIpc) is 3.48. The van der Waals surface area contributed by atoms with Crippen LogP contribution in [-0.2, 0) is 57.0 Å². The molecular formula is C68H94Cl2N2O8. The number of carbonyl (C=O) groups excluding carboxylic acids is 3. The van der Waals surface area contributed by atoms with Crippen LogP contribution in [0.5, 0.6) is 0 Å². The van der Waals surface area contributed by atoms with Crippen molar-refractivity contribution in [2.24, 2.45) is 17.8 Å². The Kier molecular flexibility index (Phi) is 31.9. The summed E-state index contributed by atoms with van der Waals surface area (Å²) in [5, 5.41) is 0. The van der Waals surface area contributed by atoms with Crippen LogP contribution in [-0.4, -0.2) is 109 Å². The van der Waals surface area contributed by atoms with Gasteiger partial charge < -0.3 is 33.5 Å². The van der Waals surface area contributed by atoms with Crippen molar-refractivity contribution in [2.45, 2.75) is 128 Å². The van der Waals surface area contributed by atoms with Crippen molar-refractivity contribution < 1.29 is 38.1 Å². The van der Waals surface area contributed by atoms with Crippen LogP contribution >= 0.6 is 23.2 Å². The van der Waals surface area contributed by atoms with Crippen molar-refractivity contribution in [1.82, 2.24) is 9.80 Å². The van der Waals surface area contributed by atoms with Crippen LogP contribution < -0.4 is 0 Å². The van der Waals surface area contributed by atoms with Crippen molar-refractivity contribution in [2.75, 3.05) is 81.3 Å². The van der Waals surface area contributed by atoms with E-state index in [1.54, 1.807) is 14.2 Å². The first-order valence-electron chi connectivity index (χ1n) is 28.9. The molecule has 5 aromatic carbocycles. The highest BCUT2D eigenvalue weighted by molar-refractivity contribution is 6.18. The van der Waals surface area contributed by atoms with E-state index in [4.69, 9.17) is 46.9 Å². The highest BCUT2D eigenvalue weighted by atomic mass is 35.5. The lowest BCUT2D eigenvalue weighted by atomic mass is 9.77. The monoisotopic (exact) mass is 1140 g/mol. The van der Waals surface area contributed by atoms with Crippen molar-refractivity contribution >= 4 is 41.1 Å². The smallest absolute Gasteiger partial charge is 0.309 e. The Bertz CT molecular complexity index is 2460. The van der Waals surface area contributed by atoms with Crippen LogP contribution in [0, 0.1) is 17.8 Å². The van der Waals surface area contributed by atoms with E-state index >= 15 is 0 Å². The molecule has 0 saturated carbocycles. The van der Waals surface area contributed by atoms with Gasteiger partial charge in [-0.25, -0.2) is 0 Å². The molecule has 0 aliphatic heterocycles. The van der Waals surface area contributed by atoms with Gasteiger partial charge in [0.25, 0.3) is 0 Å². The van der Waals surface area contributed by atoms with Gasteiger partial charge in [0, 0.05) is 33.2 Å². The predicted molar refractivity (Wildman–Crippen MR) is 328 cm³/mol. The largest absolute Gasteiger partial charge is 0.464 e. The van der Waals surface area contributed by atoms with Gasteiger partial charge in [-0.05, 0) is 154 Å². The van der Waals surface area contributed by atoms with Crippen molar-refractivity contribution in [3.8, 4) is 0 Å². The van der Waals surface area contributed by atoms with E-state index < -0.39 is 0 Å². The maximum Gasteiger partial charge on any atom is 0.309 e. The molecule has 10 nitrogen and oxygen atoms in total. The summed E-state index contributed by atoms with van der Waals surface area (Å²) in [6.07, 6.45) is 5.96. The minimum Gasteiger partial charge on any atom is -0.464 e. The van der Waals surface area contributed by atoms with E-state index in [0.29, 0.717) is 50.7 Å². The quantitative estimate of drug-likeness (QED) is 0.0169. The average molecular weight is 1140 g/mol. The molecule has 80 heavy (non-hydrogen) atoms. The van der Waals surface area contributed by atoms with Crippen LogP contribution in [0.4, 0.5) is 0 Å². The molecule has 438 valence electrons. The second kappa shape index (κ2) is 37.8. The number of alkyl halides is 2. The normalized spacial score (nSPS) is 14.4. The Morgan fingerprint density at radius 2 is 0.775 bits per heavy atom. The van der Waals surface area contributed by atoms with Crippen molar-refractivity contribution in [3.63, 3.8) is 0 Å². The van der Waals surface area contributed by atoms with Crippen molar-refractivity contribution in [1.29, 1.82) is 0 Å². The van der Waals surface area contributed by atoms with Crippen LogP contribution in [0.3, 0.4) is 0 Å². The first kappa shape index (κ1) is 67.4. The van der Waals surface area contributed by atoms with E-state index in [9.17, 15) is 14.4 Å². The zero-order valence-electron chi connectivity index (χ0n) is 49.8. The number of benzene rings is 5. The Morgan fingerprint density at radius 3 is 1.15 bits per heavy atom. The zero-order valence-corrected chi connectivity index (χ0v) is 51.3. The highest BCUT2D eigenvalue weighted by Gasteiger charge is 2.32. The van der Waals surface area contributed by atoms with E-state index in [0.717, 1.165) is 49.9 Å². The number of carbonyl (C=O) groups is 3. The number of ether oxygens (including phenoxy) is 5. The van der Waals surface area contributed by atoms with Gasteiger partial charge in [-0.1, -0.05) is 161 Å². The molecule has 0 N–H and O–H groups in total. The standard InChI is InChI=1S/C36H48ClNO3.C32H46ClNO5/c1-6-30(33-18-12-28(25-37)13-19-33)23-34(32-10-8-7-9-11-32)24-35(36(39)41-21-20-40-5)22-27(2)31-16-14-29(15-17-31)26-38(3)4;1-6-26(31(35)38-17-16-33)21-29(28-10-8-7-9-11-28)22-30(32(36)39-19-18-37-5)20-24(2)27-14-12-25(13-15-27)23-34(3)4/h7-19,27,30,34-35H,6,20-26H2,1-5H3;7-15,24,26,29-30H,6,16-23H2,1-5H3. The van der Waals surface area contributed by atoms with Crippen molar-refractivity contribution in [3.05, 3.63) is 178 Å². The van der Waals surface area contributed by atoms with E-state index in [2.05, 4.69) is 174 Å². The van der Waals surface area contributed by atoms with E-state index in [1.165, 1.54) is 33.4 Å². The zero-order chi connectivity index (χ0) is 58.2. The summed E-state index contributed by atoms with van der Waals surface area (Å²) in [6.45, 7) is 11.9. The fourth-order valence-electron chi connectivity index (χ4n) is 10.7. The van der Waals surface area contributed by atoms with E-state index in [1.807, 2.05) is 25.1 Å². The predicted octanol–water partition coefficient (Wildman–Crippen LogP) is 15.0. The van der Waals surface area contributed by atoms with Gasteiger partial charge in [0.1, 0.15) is 19.8 Å². The molecule has 0 aliphatic carbocycles. The first-order valence-corrected chi connectivity index (χ1v) is 29.9. The van der Waals surface area contributed by atoms with Gasteiger partial charge in [0.05, 0.1) is 36.8 Å². The lowest BCUT2D eigenvalue weighted by Gasteiger charge is -2.28. The molecule has 0 spiro atoms.